The van der Waals surface area contributed by atoms with Crippen LogP contribution in [0.15, 0.2) is 180 Å². The molecule has 2 heterocycles. The molecule has 4 aliphatic rings. The SMILES string of the molecule is N#CC(N)C1C/C=C\C=C/CC2(c3cccc(N4c5ccccc5Sc5ccccc54)c3)c3ccc4c(c3-c3cccc1c32)c1ccccc1n4C1=CC=CCC1. The summed E-state index contributed by atoms with van der Waals surface area (Å²) in [6, 6.07) is 49.0. The summed E-state index contributed by atoms with van der Waals surface area (Å²) < 4.78 is 2.49. The number of anilines is 3. The van der Waals surface area contributed by atoms with Crippen LogP contribution in [0.3, 0.4) is 0 Å². The summed E-state index contributed by atoms with van der Waals surface area (Å²) >= 11 is 1.83. The first-order valence-corrected chi connectivity index (χ1v) is 20.8. The second kappa shape index (κ2) is 13.4. The zero-order valence-corrected chi connectivity index (χ0v) is 32.3. The highest BCUT2D eigenvalue weighted by Crippen LogP contribution is 2.61. The molecule has 0 saturated heterocycles. The number of allylic oxidation sites excluding steroid dienone is 8. The summed E-state index contributed by atoms with van der Waals surface area (Å²) in [5, 5.41) is 12.9. The molecule has 57 heavy (non-hydrogen) atoms. The van der Waals surface area contributed by atoms with Gasteiger partial charge in [0.25, 0.3) is 0 Å². The lowest BCUT2D eigenvalue weighted by Crippen LogP contribution is -2.32. The number of aromatic nitrogens is 1. The van der Waals surface area contributed by atoms with Gasteiger partial charge >= 0.3 is 0 Å². The first-order chi connectivity index (χ1) is 28.2. The van der Waals surface area contributed by atoms with E-state index in [0.717, 1.165) is 30.5 Å². The van der Waals surface area contributed by atoms with Crippen molar-refractivity contribution in [2.45, 2.75) is 52.8 Å². The van der Waals surface area contributed by atoms with E-state index in [2.05, 4.69) is 185 Å². The Labute approximate surface area is 337 Å². The van der Waals surface area contributed by atoms with E-state index < -0.39 is 11.5 Å². The Kier molecular flexibility index (Phi) is 8.00. The maximum absolute atomic E-state index is 10.4. The first kappa shape index (κ1) is 34.0. The molecule has 4 nitrogen and oxygen atoms in total. The van der Waals surface area contributed by atoms with Crippen molar-refractivity contribution in [2.75, 3.05) is 4.90 Å². The van der Waals surface area contributed by atoms with Crippen molar-refractivity contribution < 1.29 is 0 Å². The number of nitrogens with zero attached hydrogens (tertiary/aromatic N) is 3. The van der Waals surface area contributed by atoms with Crippen molar-refractivity contribution in [3.63, 3.8) is 0 Å². The van der Waals surface area contributed by atoms with E-state index in [1.165, 1.54) is 76.5 Å². The molecule has 0 amide bonds. The van der Waals surface area contributed by atoms with Gasteiger partial charge in [-0.3, -0.25) is 0 Å². The van der Waals surface area contributed by atoms with Crippen molar-refractivity contribution in [3.05, 3.63) is 192 Å². The number of benzene rings is 6. The number of hydrogen-bond acceptors (Lipinski definition) is 4. The molecule has 3 atom stereocenters. The molecule has 3 unspecified atom stereocenters. The molecule has 2 N–H and O–H groups in total. The van der Waals surface area contributed by atoms with Crippen LogP contribution in [0, 0.1) is 11.3 Å². The third-order valence-electron chi connectivity index (χ3n) is 12.6. The highest BCUT2D eigenvalue weighted by molar-refractivity contribution is 7.99. The summed E-state index contributed by atoms with van der Waals surface area (Å²) in [5.41, 5.74) is 20.9. The molecule has 6 aromatic carbocycles. The summed E-state index contributed by atoms with van der Waals surface area (Å²) in [6.07, 6.45) is 19.0. The number of nitriles is 1. The number of nitrogens with two attached hydrogens (primary N) is 1. The van der Waals surface area contributed by atoms with Gasteiger partial charge in [-0.1, -0.05) is 127 Å². The summed E-state index contributed by atoms with van der Waals surface area (Å²) in [5.74, 6) is -0.182. The van der Waals surface area contributed by atoms with E-state index in [1.807, 2.05) is 11.8 Å². The van der Waals surface area contributed by atoms with E-state index >= 15 is 0 Å². The molecular formula is C52H40N4S. The summed E-state index contributed by atoms with van der Waals surface area (Å²) in [4.78, 5) is 4.91. The van der Waals surface area contributed by atoms with Crippen LogP contribution in [0.5, 0.6) is 0 Å². The summed E-state index contributed by atoms with van der Waals surface area (Å²) in [6.45, 7) is 0. The third-order valence-corrected chi connectivity index (χ3v) is 13.7. The zero-order chi connectivity index (χ0) is 38.1. The van der Waals surface area contributed by atoms with Gasteiger partial charge in [-0.25, -0.2) is 0 Å². The lowest BCUT2D eigenvalue weighted by molar-refractivity contribution is 0.584. The lowest BCUT2D eigenvalue weighted by atomic mass is 9.66. The molecule has 0 bridgehead atoms. The van der Waals surface area contributed by atoms with Crippen molar-refractivity contribution >= 4 is 56.3 Å². The lowest BCUT2D eigenvalue weighted by Gasteiger charge is -2.37. The Morgan fingerprint density at radius 3 is 2.33 bits per heavy atom. The quantitative estimate of drug-likeness (QED) is 0.194. The molecule has 274 valence electrons. The van der Waals surface area contributed by atoms with E-state index in [0.29, 0.717) is 6.42 Å². The van der Waals surface area contributed by atoms with E-state index in [-0.39, 0.29) is 5.92 Å². The molecule has 5 heteroatoms. The number of hydrogen-bond donors (Lipinski definition) is 1. The predicted molar refractivity (Wildman–Crippen MR) is 237 cm³/mol. The van der Waals surface area contributed by atoms with Crippen LogP contribution in [0.4, 0.5) is 17.1 Å². The highest BCUT2D eigenvalue weighted by Gasteiger charge is 2.48. The maximum Gasteiger partial charge on any atom is 0.1000 e. The molecule has 3 aliphatic carbocycles. The fourth-order valence-electron chi connectivity index (χ4n) is 10.2. The van der Waals surface area contributed by atoms with Gasteiger partial charge in [-0.2, -0.15) is 5.26 Å². The Balaban J connectivity index is 1.25. The molecule has 1 aliphatic heterocycles. The average molecular weight is 753 g/mol. The van der Waals surface area contributed by atoms with Gasteiger partial charge in [-0.05, 0) is 114 Å². The molecular weight excluding hydrogens is 713 g/mol. The topological polar surface area (TPSA) is 58.0 Å². The van der Waals surface area contributed by atoms with Crippen LogP contribution in [0.1, 0.15) is 53.9 Å². The second-order valence-corrected chi connectivity index (χ2v) is 16.6. The zero-order valence-electron chi connectivity index (χ0n) is 31.5. The van der Waals surface area contributed by atoms with Gasteiger partial charge in [0, 0.05) is 37.9 Å². The summed E-state index contributed by atoms with van der Waals surface area (Å²) in [7, 11) is 0. The fourth-order valence-corrected chi connectivity index (χ4v) is 11.2. The molecule has 0 saturated carbocycles. The van der Waals surface area contributed by atoms with Crippen molar-refractivity contribution in [3.8, 4) is 17.2 Å². The molecule has 0 spiro atoms. The Morgan fingerprint density at radius 1 is 0.754 bits per heavy atom. The van der Waals surface area contributed by atoms with Crippen LogP contribution in [-0.4, -0.2) is 10.6 Å². The van der Waals surface area contributed by atoms with Crippen molar-refractivity contribution in [1.82, 2.24) is 4.57 Å². The Morgan fingerprint density at radius 2 is 1.53 bits per heavy atom. The van der Waals surface area contributed by atoms with Crippen LogP contribution in [-0.2, 0) is 5.41 Å². The molecule has 7 aromatic rings. The van der Waals surface area contributed by atoms with Crippen molar-refractivity contribution in [1.29, 1.82) is 5.26 Å². The van der Waals surface area contributed by atoms with Crippen LogP contribution >= 0.6 is 11.8 Å². The Bertz CT molecular complexity index is 2910. The molecule has 11 rings (SSSR count). The van der Waals surface area contributed by atoms with Gasteiger partial charge in [0.15, 0.2) is 0 Å². The van der Waals surface area contributed by atoms with E-state index in [4.69, 9.17) is 5.73 Å². The smallest absolute Gasteiger partial charge is 0.1000 e. The second-order valence-electron chi connectivity index (χ2n) is 15.5. The monoisotopic (exact) mass is 752 g/mol. The molecule has 0 fully saturated rings. The predicted octanol–water partition coefficient (Wildman–Crippen LogP) is 13.1. The van der Waals surface area contributed by atoms with E-state index in [9.17, 15) is 5.26 Å². The minimum absolute atomic E-state index is 0.182. The largest absolute Gasteiger partial charge is 0.315 e. The number of para-hydroxylation sites is 3. The van der Waals surface area contributed by atoms with Crippen LogP contribution in [0.2, 0.25) is 0 Å². The van der Waals surface area contributed by atoms with E-state index in [1.54, 1.807) is 0 Å². The van der Waals surface area contributed by atoms with Crippen molar-refractivity contribution in [2.24, 2.45) is 5.73 Å². The highest BCUT2D eigenvalue weighted by atomic mass is 32.2. The van der Waals surface area contributed by atoms with Crippen LogP contribution < -0.4 is 10.6 Å². The first-order valence-electron chi connectivity index (χ1n) is 20.0. The fraction of sp³-hybridized carbons (Fsp3) is 0.135. The van der Waals surface area contributed by atoms with Crippen LogP contribution in [0.25, 0.3) is 38.6 Å². The third kappa shape index (κ3) is 5.04. The maximum atomic E-state index is 10.4. The minimum atomic E-state index is -0.663. The molecule has 0 radical (unpaired) electrons. The Hall–Kier alpha value is -6.32. The van der Waals surface area contributed by atoms with Gasteiger partial charge < -0.3 is 15.2 Å². The minimum Gasteiger partial charge on any atom is -0.315 e. The average Bonchev–Trinajstić information content (AvgIpc) is 3.76. The standard InChI is InChI=1S/C52H40N4S/c53-33-42(54)37-20-6-1-2-13-31-52(34-16-14-19-36(32-34)56-44-25-9-11-27-47(44)57-48-28-12-10-26-45(48)56)41-29-30-46-50(49(41)40-23-15-22-38(37)51(40)52)39-21-7-8-24-43(39)55(46)35-17-4-3-5-18-35/h1-4,6-17,19,21-30,32,37,42H,5,18,20,31,54H2/b6-1-,13-2-. The molecule has 1 aromatic heterocycles. The number of fused-ring (bicyclic) bond motifs is 9. The van der Waals surface area contributed by atoms with Gasteiger partial charge in [0.2, 0.25) is 0 Å². The van der Waals surface area contributed by atoms with Gasteiger partial charge in [0.1, 0.15) is 0 Å². The van der Waals surface area contributed by atoms with Gasteiger partial charge in [0.05, 0.1) is 39.9 Å². The normalized spacial score (nSPS) is 20.8. The van der Waals surface area contributed by atoms with Gasteiger partial charge in [-0.15, -0.1) is 0 Å². The number of rotatable bonds is 4.